The van der Waals surface area contributed by atoms with E-state index in [1.165, 1.54) is 5.56 Å². The standard InChI is InChI=1S/C17H28N4OS/c1-20-9-10-21(2)16(13-20)12-18-17(22)19-15-6-4-14(5-7-15)8-11-23-3/h4-7,16H,8-13H2,1-3H3,(H2,18,19,22)/t16-/m0/s1. The highest BCUT2D eigenvalue weighted by Crippen LogP contribution is 2.11. The van der Waals surface area contributed by atoms with Crippen molar-refractivity contribution in [3.8, 4) is 0 Å². The van der Waals surface area contributed by atoms with Gasteiger partial charge in [-0.3, -0.25) is 4.90 Å². The monoisotopic (exact) mass is 336 g/mol. The van der Waals surface area contributed by atoms with Crippen molar-refractivity contribution in [2.24, 2.45) is 0 Å². The number of anilines is 1. The zero-order valence-corrected chi connectivity index (χ0v) is 15.2. The summed E-state index contributed by atoms with van der Waals surface area (Å²) in [5, 5.41) is 5.88. The first-order chi connectivity index (χ1) is 11.1. The highest BCUT2D eigenvalue weighted by molar-refractivity contribution is 7.98. The third-order valence-corrected chi connectivity index (χ3v) is 4.90. The lowest BCUT2D eigenvalue weighted by molar-refractivity contribution is 0.115. The third kappa shape index (κ3) is 6.05. The maximum absolute atomic E-state index is 12.0. The lowest BCUT2D eigenvalue weighted by atomic mass is 10.1. The molecule has 1 aromatic rings. The quantitative estimate of drug-likeness (QED) is 0.834. The first-order valence-electron chi connectivity index (χ1n) is 8.10. The van der Waals surface area contributed by atoms with Gasteiger partial charge < -0.3 is 15.5 Å². The fourth-order valence-electron chi connectivity index (χ4n) is 2.68. The van der Waals surface area contributed by atoms with Crippen molar-refractivity contribution < 1.29 is 4.79 Å². The summed E-state index contributed by atoms with van der Waals surface area (Å²) in [5.41, 5.74) is 2.14. The number of amides is 2. The van der Waals surface area contributed by atoms with Crippen molar-refractivity contribution in [2.75, 3.05) is 57.6 Å². The molecule has 1 saturated heterocycles. The van der Waals surface area contributed by atoms with Gasteiger partial charge >= 0.3 is 6.03 Å². The summed E-state index contributed by atoms with van der Waals surface area (Å²) in [6, 6.07) is 8.33. The SMILES string of the molecule is CSCCc1ccc(NC(=O)NC[C@H]2CN(C)CCN2C)cc1. The maximum Gasteiger partial charge on any atom is 0.319 e. The van der Waals surface area contributed by atoms with Crippen molar-refractivity contribution >= 4 is 23.5 Å². The highest BCUT2D eigenvalue weighted by Gasteiger charge is 2.22. The zero-order chi connectivity index (χ0) is 16.7. The second-order valence-electron chi connectivity index (χ2n) is 6.17. The second kappa shape index (κ2) is 9.15. The van der Waals surface area contributed by atoms with Crippen LogP contribution >= 0.6 is 11.8 Å². The molecule has 5 nitrogen and oxygen atoms in total. The van der Waals surface area contributed by atoms with Crippen LogP contribution in [0.15, 0.2) is 24.3 Å². The molecule has 2 amide bonds. The van der Waals surface area contributed by atoms with Crippen LogP contribution in [0.4, 0.5) is 10.5 Å². The van der Waals surface area contributed by atoms with Gasteiger partial charge in [-0.05, 0) is 50.2 Å². The van der Waals surface area contributed by atoms with E-state index in [2.05, 4.69) is 52.9 Å². The number of benzene rings is 1. The van der Waals surface area contributed by atoms with Crippen LogP contribution < -0.4 is 10.6 Å². The Morgan fingerprint density at radius 1 is 1.26 bits per heavy atom. The molecule has 0 aliphatic carbocycles. The topological polar surface area (TPSA) is 47.6 Å². The van der Waals surface area contributed by atoms with Crippen molar-refractivity contribution in [1.82, 2.24) is 15.1 Å². The number of nitrogens with zero attached hydrogens (tertiary/aromatic N) is 2. The van der Waals surface area contributed by atoms with Gasteiger partial charge in [0.2, 0.25) is 0 Å². The Morgan fingerprint density at radius 2 is 2.00 bits per heavy atom. The molecule has 6 heteroatoms. The average molecular weight is 337 g/mol. The lowest BCUT2D eigenvalue weighted by Crippen LogP contribution is -2.54. The normalized spacial score (nSPS) is 19.5. The molecule has 0 spiro atoms. The number of urea groups is 1. The van der Waals surface area contributed by atoms with Gasteiger partial charge in [0.05, 0.1) is 0 Å². The summed E-state index contributed by atoms with van der Waals surface area (Å²) in [6.45, 7) is 3.78. The van der Waals surface area contributed by atoms with Crippen molar-refractivity contribution in [3.05, 3.63) is 29.8 Å². The van der Waals surface area contributed by atoms with Gasteiger partial charge in [0.25, 0.3) is 0 Å². The van der Waals surface area contributed by atoms with Crippen LogP contribution in [0.3, 0.4) is 0 Å². The number of carbonyl (C=O) groups is 1. The Labute approximate surface area is 143 Å². The largest absolute Gasteiger partial charge is 0.336 e. The fourth-order valence-corrected chi connectivity index (χ4v) is 3.12. The zero-order valence-electron chi connectivity index (χ0n) is 14.3. The summed E-state index contributed by atoms with van der Waals surface area (Å²) in [5.74, 6) is 1.12. The smallest absolute Gasteiger partial charge is 0.319 e. The molecule has 0 unspecified atom stereocenters. The molecule has 0 aromatic heterocycles. The molecule has 0 radical (unpaired) electrons. The Balaban J connectivity index is 1.75. The molecular weight excluding hydrogens is 308 g/mol. The van der Waals surface area contributed by atoms with Gasteiger partial charge in [-0.25, -0.2) is 4.79 Å². The number of likely N-dealkylation sites (N-methyl/N-ethyl adjacent to an activating group) is 2. The van der Waals surface area contributed by atoms with Gasteiger partial charge in [-0.15, -0.1) is 0 Å². The van der Waals surface area contributed by atoms with Gasteiger partial charge in [0, 0.05) is 37.9 Å². The van der Waals surface area contributed by atoms with E-state index in [0.717, 1.165) is 37.5 Å². The second-order valence-corrected chi connectivity index (χ2v) is 7.16. The molecule has 1 aromatic carbocycles. The maximum atomic E-state index is 12.0. The molecule has 2 rings (SSSR count). The van der Waals surface area contributed by atoms with E-state index in [4.69, 9.17) is 0 Å². The number of thioether (sulfide) groups is 1. The van der Waals surface area contributed by atoms with Crippen LogP contribution in [0.2, 0.25) is 0 Å². The van der Waals surface area contributed by atoms with Crippen molar-refractivity contribution in [2.45, 2.75) is 12.5 Å². The Morgan fingerprint density at radius 3 is 2.70 bits per heavy atom. The minimum Gasteiger partial charge on any atom is -0.336 e. The number of aryl methyl sites for hydroxylation is 1. The molecule has 2 N–H and O–H groups in total. The van der Waals surface area contributed by atoms with Crippen molar-refractivity contribution in [3.63, 3.8) is 0 Å². The van der Waals surface area contributed by atoms with E-state index in [9.17, 15) is 4.79 Å². The summed E-state index contributed by atoms with van der Waals surface area (Å²) in [6.07, 6.45) is 3.18. The first-order valence-corrected chi connectivity index (χ1v) is 9.49. The van der Waals surface area contributed by atoms with E-state index in [1.54, 1.807) is 0 Å². The lowest BCUT2D eigenvalue weighted by Gasteiger charge is -2.37. The van der Waals surface area contributed by atoms with E-state index in [1.807, 2.05) is 23.9 Å². The summed E-state index contributed by atoms with van der Waals surface area (Å²) < 4.78 is 0. The van der Waals surface area contributed by atoms with E-state index >= 15 is 0 Å². The van der Waals surface area contributed by atoms with Crippen LogP contribution in [0.1, 0.15) is 5.56 Å². The van der Waals surface area contributed by atoms with E-state index < -0.39 is 0 Å². The van der Waals surface area contributed by atoms with E-state index in [0.29, 0.717) is 12.6 Å². The minimum absolute atomic E-state index is 0.136. The van der Waals surface area contributed by atoms with Crippen LogP contribution in [0, 0.1) is 0 Å². The molecule has 128 valence electrons. The fraction of sp³-hybridized carbons (Fsp3) is 0.588. The summed E-state index contributed by atoms with van der Waals surface area (Å²) in [7, 11) is 4.24. The highest BCUT2D eigenvalue weighted by atomic mass is 32.2. The van der Waals surface area contributed by atoms with Crippen LogP contribution in [-0.4, -0.2) is 74.2 Å². The molecule has 1 aliphatic heterocycles. The third-order valence-electron chi connectivity index (χ3n) is 4.29. The molecule has 1 heterocycles. The predicted octanol–water partition coefficient (Wildman–Crippen LogP) is 1.96. The number of hydrogen-bond acceptors (Lipinski definition) is 4. The van der Waals surface area contributed by atoms with E-state index in [-0.39, 0.29) is 6.03 Å². The molecule has 1 fully saturated rings. The number of hydrogen-bond donors (Lipinski definition) is 2. The Kier molecular flexibility index (Phi) is 7.20. The van der Waals surface area contributed by atoms with Crippen LogP contribution in [-0.2, 0) is 6.42 Å². The molecular formula is C17H28N4OS. The molecule has 0 saturated carbocycles. The van der Waals surface area contributed by atoms with Gasteiger partial charge in [-0.2, -0.15) is 11.8 Å². The number of rotatable bonds is 6. The number of nitrogens with one attached hydrogen (secondary N) is 2. The molecule has 0 bridgehead atoms. The summed E-state index contributed by atoms with van der Waals surface area (Å²) in [4.78, 5) is 16.7. The van der Waals surface area contributed by atoms with Gasteiger partial charge in [-0.1, -0.05) is 12.1 Å². The molecule has 23 heavy (non-hydrogen) atoms. The Hall–Kier alpha value is -1.24. The predicted molar refractivity (Wildman–Crippen MR) is 99.5 cm³/mol. The first kappa shape index (κ1) is 18.1. The van der Waals surface area contributed by atoms with Crippen LogP contribution in [0.25, 0.3) is 0 Å². The minimum atomic E-state index is -0.136. The van der Waals surface area contributed by atoms with Gasteiger partial charge in [0.1, 0.15) is 0 Å². The number of carbonyl (C=O) groups excluding carboxylic acids is 1. The van der Waals surface area contributed by atoms with Gasteiger partial charge in [0.15, 0.2) is 0 Å². The number of piperazine rings is 1. The molecule has 1 atom stereocenters. The summed E-state index contributed by atoms with van der Waals surface area (Å²) >= 11 is 1.84. The van der Waals surface area contributed by atoms with Crippen LogP contribution in [0.5, 0.6) is 0 Å². The Bertz CT molecular complexity index is 494. The molecule has 1 aliphatic rings. The van der Waals surface area contributed by atoms with Crippen molar-refractivity contribution in [1.29, 1.82) is 0 Å². The average Bonchev–Trinajstić information content (AvgIpc) is 2.55.